The van der Waals surface area contributed by atoms with Gasteiger partial charge < -0.3 is 14.6 Å². The van der Waals surface area contributed by atoms with E-state index in [0.29, 0.717) is 3.57 Å². The molecule has 0 bridgehead atoms. The number of rotatable bonds is 3. The second kappa shape index (κ2) is 6.15. The number of esters is 1. The summed E-state index contributed by atoms with van der Waals surface area (Å²) in [5, 5.41) is 9.97. The van der Waals surface area contributed by atoms with Gasteiger partial charge in [0, 0.05) is 15.0 Å². The quantitative estimate of drug-likeness (QED) is 0.599. The zero-order valence-electron chi connectivity index (χ0n) is 11.1. The van der Waals surface area contributed by atoms with Gasteiger partial charge in [-0.3, -0.25) is 0 Å². The van der Waals surface area contributed by atoms with Gasteiger partial charge >= 0.3 is 12.3 Å². The molecule has 0 unspecified atom stereocenters. The summed E-state index contributed by atoms with van der Waals surface area (Å²) < 4.78 is 46.5. The monoisotopic (exact) mass is 427 g/mol. The highest BCUT2D eigenvalue weighted by atomic mass is 127. The van der Waals surface area contributed by atoms with E-state index < -0.39 is 23.8 Å². The molecule has 1 aromatic carbocycles. The van der Waals surface area contributed by atoms with Crippen molar-refractivity contribution in [1.29, 1.82) is 0 Å². The molecule has 0 spiro atoms. The Morgan fingerprint density at radius 1 is 1.36 bits per heavy atom. The van der Waals surface area contributed by atoms with Gasteiger partial charge in [0.1, 0.15) is 11.3 Å². The maximum absolute atomic E-state index is 12.5. The number of hydrogen-bond acceptors (Lipinski definition) is 5. The lowest BCUT2D eigenvalue weighted by molar-refractivity contribution is -0.274. The van der Waals surface area contributed by atoms with Crippen molar-refractivity contribution in [3.8, 4) is 11.5 Å². The summed E-state index contributed by atoms with van der Waals surface area (Å²) in [5.74, 6) is -1.84. The van der Waals surface area contributed by atoms with Gasteiger partial charge in [0.05, 0.1) is 6.61 Å². The summed E-state index contributed by atoms with van der Waals surface area (Å²) in [4.78, 5) is 15.5. The van der Waals surface area contributed by atoms with Crippen molar-refractivity contribution in [2.24, 2.45) is 0 Å². The number of carbonyl (C=O) groups is 1. The molecule has 0 radical (unpaired) electrons. The second-order valence-corrected chi connectivity index (χ2v) is 5.34. The summed E-state index contributed by atoms with van der Waals surface area (Å²) >= 11 is 1.78. The molecule has 5 nitrogen and oxygen atoms in total. The van der Waals surface area contributed by atoms with Crippen LogP contribution < -0.4 is 4.74 Å². The molecule has 0 fully saturated rings. The third kappa shape index (κ3) is 3.70. The number of halogens is 4. The third-order valence-electron chi connectivity index (χ3n) is 2.53. The van der Waals surface area contributed by atoms with E-state index >= 15 is 0 Å². The molecule has 0 aliphatic rings. The number of benzene rings is 1. The first-order valence-electron chi connectivity index (χ1n) is 5.97. The molecular weight excluding hydrogens is 418 g/mol. The van der Waals surface area contributed by atoms with Crippen LogP contribution in [0.1, 0.15) is 17.4 Å². The first-order valence-corrected chi connectivity index (χ1v) is 7.05. The molecule has 0 saturated heterocycles. The number of ether oxygens (including phenoxy) is 2. The van der Waals surface area contributed by atoms with Crippen LogP contribution in [-0.4, -0.2) is 29.0 Å². The Hall–Kier alpha value is -1.78. The molecule has 0 amide bonds. The fourth-order valence-corrected chi connectivity index (χ4v) is 2.35. The number of hydrogen-bond donors (Lipinski definition) is 1. The summed E-state index contributed by atoms with van der Waals surface area (Å²) in [6.07, 6.45) is -4.92. The number of aromatic hydroxyl groups is 1. The SMILES string of the molecule is CCOC(=O)c1cc(O)c2cc(I)cc(OC(F)(F)F)c2n1. The zero-order valence-corrected chi connectivity index (χ0v) is 13.2. The van der Waals surface area contributed by atoms with Gasteiger partial charge in [0.25, 0.3) is 0 Å². The summed E-state index contributed by atoms with van der Waals surface area (Å²) in [7, 11) is 0. The van der Waals surface area contributed by atoms with Crippen molar-refractivity contribution >= 4 is 39.5 Å². The van der Waals surface area contributed by atoms with Crippen molar-refractivity contribution < 1.29 is 32.5 Å². The minimum atomic E-state index is -4.92. The van der Waals surface area contributed by atoms with Crippen LogP contribution >= 0.6 is 22.6 Å². The molecule has 2 aromatic rings. The van der Waals surface area contributed by atoms with Crippen LogP contribution in [0.15, 0.2) is 18.2 Å². The molecule has 1 N–H and O–H groups in total. The minimum Gasteiger partial charge on any atom is -0.507 e. The van der Waals surface area contributed by atoms with E-state index in [-0.39, 0.29) is 23.2 Å². The standard InChI is InChI=1S/C13H9F3INO4/c1-2-21-12(20)8-5-9(19)7-3-6(17)4-10(11(7)18-8)22-13(14,15)16/h3-5H,2H2,1H3,(H,18,19). The highest BCUT2D eigenvalue weighted by Gasteiger charge is 2.32. The predicted octanol–water partition coefficient (Wildman–Crippen LogP) is 3.62. The molecule has 9 heteroatoms. The van der Waals surface area contributed by atoms with Crippen LogP contribution in [0.2, 0.25) is 0 Å². The molecule has 0 atom stereocenters. The predicted molar refractivity (Wildman–Crippen MR) is 78.8 cm³/mol. The lowest BCUT2D eigenvalue weighted by Gasteiger charge is -2.13. The van der Waals surface area contributed by atoms with Gasteiger partial charge in [-0.25, -0.2) is 9.78 Å². The van der Waals surface area contributed by atoms with Gasteiger partial charge in [-0.15, -0.1) is 13.2 Å². The van der Waals surface area contributed by atoms with Gasteiger partial charge in [0.15, 0.2) is 11.4 Å². The van der Waals surface area contributed by atoms with Crippen molar-refractivity contribution in [3.63, 3.8) is 0 Å². The van der Waals surface area contributed by atoms with Crippen LogP contribution in [0.25, 0.3) is 10.9 Å². The third-order valence-corrected chi connectivity index (χ3v) is 3.15. The lowest BCUT2D eigenvalue weighted by Crippen LogP contribution is -2.18. The van der Waals surface area contributed by atoms with Crippen LogP contribution in [0.5, 0.6) is 11.5 Å². The van der Waals surface area contributed by atoms with Gasteiger partial charge in [-0.05, 0) is 41.6 Å². The fraction of sp³-hybridized carbons (Fsp3) is 0.231. The highest BCUT2D eigenvalue weighted by Crippen LogP contribution is 2.35. The highest BCUT2D eigenvalue weighted by molar-refractivity contribution is 14.1. The Labute approximate surface area is 136 Å². The average molecular weight is 427 g/mol. The van der Waals surface area contributed by atoms with E-state index in [2.05, 4.69) is 9.72 Å². The summed E-state index contributed by atoms with van der Waals surface area (Å²) in [6.45, 7) is 1.64. The van der Waals surface area contributed by atoms with E-state index in [0.717, 1.165) is 12.1 Å². The summed E-state index contributed by atoms with van der Waals surface area (Å²) in [5.41, 5.74) is -0.583. The first-order chi connectivity index (χ1) is 10.2. The molecule has 1 heterocycles. The Balaban J connectivity index is 2.66. The van der Waals surface area contributed by atoms with E-state index in [1.807, 2.05) is 0 Å². The number of fused-ring (bicyclic) bond motifs is 1. The van der Waals surface area contributed by atoms with Gasteiger partial charge in [-0.1, -0.05) is 0 Å². The Morgan fingerprint density at radius 2 is 2.05 bits per heavy atom. The fourth-order valence-electron chi connectivity index (χ4n) is 1.76. The molecule has 0 saturated carbocycles. The van der Waals surface area contributed by atoms with Crippen LogP contribution in [0.4, 0.5) is 13.2 Å². The Morgan fingerprint density at radius 3 is 2.64 bits per heavy atom. The lowest BCUT2D eigenvalue weighted by atomic mass is 10.1. The zero-order chi connectivity index (χ0) is 16.5. The molecule has 0 aliphatic carbocycles. The number of alkyl halides is 3. The Kier molecular flexibility index (Phi) is 4.63. The van der Waals surface area contributed by atoms with Crippen LogP contribution in [0.3, 0.4) is 0 Å². The van der Waals surface area contributed by atoms with E-state index in [1.165, 1.54) is 6.07 Å². The smallest absolute Gasteiger partial charge is 0.507 e. The van der Waals surface area contributed by atoms with Crippen molar-refractivity contribution in [2.75, 3.05) is 6.61 Å². The molecule has 0 aliphatic heterocycles. The number of pyridine rings is 1. The molecule has 22 heavy (non-hydrogen) atoms. The van der Waals surface area contributed by atoms with Crippen molar-refractivity contribution in [2.45, 2.75) is 13.3 Å². The van der Waals surface area contributed by atoms with Gasteiger partial charge in [0.2, 0.25) is 0 Å². The topological polar surface area (TPSA) is 68.7 Å². The van der Waals surface area contributed by atoms with Gasteiger partial charge in [-0.2, -0.15) is 0 Å². The first kappa shape index (κ1) is 16.6. The molecular formula is C13H9F3INO4. The molecule has 1 aromatic heterocycles. The maximum Gasteiger partial charge on any atom is 0.573 e. The largest absolute Gasteiger partial charge is 0.573 e. The number of aromatic nitrogens is 1. The van der Waals surface area contributed by atoms with Crippen molar-refractivity contribution in [1.82, 2.24) is 4.98 Å². The van der Waals surface area contributed by atoms with Crippen LogP contribution in [0, 0.1) is 3.57 Å². The average Bonchev–Trinajstić information content (AvgIpc) is 2.38. The molecule has 2 rings (SSSR count). The number of carbonyl (C=O) groups excluding carboxylic acids is 1. The Bertz CT molecular complexity index is 733. The molecule has 118 valence electrons. The van der Waals surface area contributed by atoms with Crippen molar-refractivity contribution in [3.05, 3.63) is 27.5 Å². The number of nitrogens with zero attached hydrogens (tertiary/aromatic N) is 1. The van der Waals surface area contributed by atoms with E-state index in [1.54, 1.807) is 29.5 Å². The normalized spacial score (nSPS) is 11.5. The summed E-state index contributed by atoms with van der Waals surface area (Å²) in [6, 6.07) is 3.57. The van der Waals surface area contributed by atoms with E-state index in [4.69, 9.17) is 4.74 Å². The van der Waals surface area contributed by atoms with Crippen LogP contribution in [-0.2, 0) is 4.74 Å². The second-order valence-electron chi connectivity index (χ2n) is 4.09. The maximum atomic E-state index is 12.5. The van der Waals surface area contributed by atoms with E-state index in [9.17, 15) is 23.1 Å². The minimum absolute atomic E-state index is 0.0409.